The first-order valence-corrected chi connectivity index (χ1v) is 7.65. The third kappa shape index (κ3) is 4.67. The molecule has 122 valence electrons. The summed E-state index contributed by atoms with van der Waals surface area (Å²) in [6.45, 7) is 4.50. The average molecular weight is 315 g/mol. The van der Waals surface area contributed by atoms with E-state index in [0.717, 1.165) is 18.5 Å². The zero-order valence-electron chi connectivity index (χ0n) is 13.3. The fourth-order valence-corrected chi connectivity index (χ4v) is 2.20. The number of aryl methyl sites for hydroxylation is 1. The minimum absolute atomic E-state index is 0.209. The van der Waals surface area contributed by atoms with Crippen LogP contribution >= 0.6 is 0 Å². The van der Waals surface area contributed by atoms with Crippen molar-refractivity contribution in [3.8, 4) is 0 Å². The number of carboxylic acids is 1. The number of amides is 1. The van der Waals surface area contributed by atoms with E-state index in [1.807, 2.05) is 19.1 Å². The second-order valence-electron chi connectivity index (χ2n) is 5.59. The van der Waals surface area contributed by atoms with Crippen molar-refractivity contribution in [2.45, 2.75) is 33.2 Å². The molecule has 0 bridgehead atoms. The smallest absolute Gasteiger partial charge is 0.306 e. The fourth-order valence-electron chi connectivity index (χ4n) is 2.20. The van der Waals surface area contributed by atoms with E-state index in [1.54, 1.807) is 36.1 Å². The Bertz CT molecular complexity index is 677. The van der Waals surface area contributed by atoms with Crippen molar-refractivity contribution in [2.75, 3.05) is 5.32 Å². The van der Waals surface area contributed by atoms with Crippen LogP contribution in [-0.4, -0.2) is 26.8 Å². The predicted molar refractivity (Wildman–Crippen MR) is 87.4 cm³/mol. The fraction of sp³-hybridized carbons (Fsp3) is 0.353. The Morgan fingerprint density at radius 2 is 2.00 bits per heavy atom. The SMILES string of the molecule is CCCn1cc(C(=O)Nc2ccc(CC(C)C(=O)O)cc2)cn1. The number of carbonyl (C=O) groups excluding carboxylic acids is 1. The Kier molecular flexibility index (Phi) is 5.51. The summed E-state index contributed by atoms with van der Waals surface area (Å²) in [4.78, 5) is 23.0. The molecule has 2 aromatic rings. The number of aromatic nitrogens is 2. The Morgan fingerprint density at radius 1 is 1.30 bits per heavy atom. The van der Waals surface area contributed by atoms with Gasteiger partial charge in [-0.05, 0) is 30.5 Å². The summed E-state index contributed by atoms with van der Waals surface area (Å²) in [5.74, 6) is -1.45. The first-order chi connectivity index (χ1) is 11.0. The van der Waals surface area contributed by atoms with Crippen LogP contribution in [0.5, 0.6) is 0 Å². The molecule has 2 rings (SSSR count). The molecule has 1 amide bonds. The first-order valence-electron chi connectivity index (χ1n) is 7.65. The van der Waals surface area contributed by atoms with Crippen molar-refractivity contribution in [1.82, 2.24) is 9.78 Å². The highest BCUT2D eigenvalue weighted by Gasteiger charge is 2.12. The van der Waals surface area contributed by atoms with Gasteiger partial charge in [-0.25, -0.2) is 0 Å². The van der Waals surface area contributed by atoms with Gasteiger partial charge in [0.1, 0.15) is 0 Å². The van der Waals surface area contributed by atoms with Gasteiger partial charge in [-0.15, -0.1) is 0 Å². The van der Waals surface area contributed by atoms with Gasteiger partial charge in [0.2, 0.25) is 0 Å². The number of anilines is 1. The highest BCUT2D eigenvalue weighted by Crippen LogP contribution is 2.14. The minimum Gasteiger partial charge on any atom is -0.481 e. The molecule has 1 atom stereocenters. The lowest BCUT2D eigenvalue weighted by Gasteiger charge is -2.08. The molecule has 0 aliphatic rings. The molecule has 1 unspecified atom stereocenters. The van der Waals surface area contributed by atoms with E-state index in [4.69, 9.17) is 5.11 Å². The maximum atomic E-state index is 12.1. The zero-order valence-corrected chi connectivity index (χ0v) is 13.3. The molecule has 0 saturated heterocycles. The molecule has 23 heavy (non-hydrogen) atoms. The largest absolute Gasteiger partial charge is 0.481 e. The molecule has 0 radical (unpaired) electrons. The molecule has 1 heterocycles. The highest BCUT2D eigenvalue weighted by molar-refractivity contribution is 6.03. The van der Waals surface area contributed by atoms with Crippen LogP contribution in [0.25, 0.3) is 0 Å². The summed E-state index contributed by atoms with van der Waals surface area (Å²) in [6.07, 6.45) is 4.70. The minimum atomic E-state index is -0.813. The maximum Gasteiger partial charge on any atom is 0.306 e. The summed E-state index contributed by atoms with van der Waals surface area (Å²) >= 11 is 0. The quantitative estimate of drug-likeness (QED) is 0.823. The van der Waals surface area contributed by atoms with Crippen molar-refractivity contribution in [1.29, 1.82) is 0 Å². The van der Waals surface area contributed by atoms with Gasteiger partial charge in [-0.1, -0.05) is 26.0 Å². The van der Waals surface area contributed by atoms with Crippen LogP contribution in [0.3, 0.4) is 0 Å². The number of hydrogen-bond donors (Lipinski definition) is 2. The highest BCUT2D eigenvalue weighted by atomic mass is 16.4. The first kappa shape index (κ1) is 16.7. The summed E-state index contributed by atoms with van der Waals surface area (Å²) < 4.78 is 1.74. The third-order valence-corrected chi connectivity index (χ3v) is 3.52. The molecule has 0 aliphatic carbocycles. The molecule has 1 aromatic carbocycles. The molecule has 6 nitrogen and oxygen atoms in total. The van der Waals surface area contributed by atoms with Gasteiger partial charge in [0, 0.05) is 18.4 Å². The van der Waals surface area contributed by atoms with Gasteiger partial charge in [0.15, 0.2) is 0 Å². The summed E-state index contributed by atoms with van der Waals surface area (Å²) in [5, 5.41) is 15.9. The number of hydrogen-bond acceptors (Lipinski definition) is 3. The predicted octanol–water partition coefficient (Wildman–Crippen LogP) is 2.81. The van der Waals surface area contributed by atoms with Crippen LogP contribution in [-0.2, 0) is 17.8 Å². The van der Waals surface area contributed by atoms with Crippen LogP contribution in [0.2, 0.25) is 0 Å². The van der Waals surface area contributed by atoms with E-state index in [2.05, 4.69) is 10.4 Å². The molecule has 0 fully saturated rings. The Balaban J connectivity index is 1.97. The summed E-state index contributed by atoms with van der Waals surface area (Å²) in [6, 6.07) is 7.21. The van der Waals surface area contributed by atoms with Gasteiger partial charge in [0.25, 0.3) is 5.91 Å². The number of carbonyl (C=O) groups is 2. The third-order valence-electron chi connectivity index (χ3n) is 3.52. The zero-order chi connectivity index (χ0) is 16.8. The van der Waals surface area contributed by atoms with Crippen LogP contribution < -0.4 is 5.32 Å². The number of carboxylic acid groups (broad SMARTS) is 1. The lowest BCUT2D eigenvalue weighted by atomic mass is 10.0. The molecular weight excluding hydrogens is 294 g/mol. The lowest BCUT2D eigenvalue weighted by molar-refractivity contribution is -0.141. The Labute approximate surface area is 135 Å². The van der Waals surface area contributed by atoms with E-state index in [0.29, 0.717) is 17.7 Å². The standard InChI is InChI=1S/C17H21N3O3/c1-3-8-20-11-14(10-18-20)16(21)19-15-6-4-13(5-7-15)9-12(2)17(22)23/h4-7,10-12H,3,8-9H2,1-2H3,(H,19,21)(H,22,23). The second-order valence-corrected chi connectivity index (χ2v) is 5.59. The van der Waals surface area contributed by atoms with Gasteiger partial charge < -0.3 is 10.4 Å². The maximum absolute atomic E-state index is 12.1. The molecule has 1 aromatic heterocycles. The van der Waals surface area contributed by atoms with E-state index in [1.165, 1.54) is 0 Å². The monoisotopic (exact) mass is 315 g/mol. The number of benzene rings is 1. The van der Waals surface area contributed by atoms with Crippen molar-refractivity contribution in [3.63, 3.8) is 0 Å². The van der Waals surface area contributed by atoms with Gasteiger partial charge in [0.05, 0.1) is 17.7 Å². The van der Waals surface area contributed by atoms with E-state index >= 15 is 0 Å². The van der Waals surface area contributed by atoms with Crippen molar-refractivity contribution in [3.05, 3.63) is 47.8 Å². The van der Waals surface area contributed by atoms with E-state index in [-0.39, 0.29) is 5.91 Å². The van der Waals surface area contributed by atoms with Crippen LogP contribution in [0.1, 0.15) is 36.2 Å². The summed E-state index contributed by atoms with van der Waals surface area (Å²) in [7, 11) is 0. The molecular formula is C17H21N3O3. The number of nitrogens with zero attached hydrogens (tertiary/aromatic N) is 2. The van der Waals surface area contributed by atoms with E-state index in [9.17, 15) is 9.59 Å². The topological polar surface area (TPSA) is 84.2 Å². The van der Waals surface area contributed by atoms with Gasteiger partial charge in [-0.2, -0.15) is 5.10 Å². The molecule has 0 spiro atoms. The molecule has 6 heteroatoms. The Morgan fingerprint density at radius 3 is 2.61 bits per heavy atom. The van der Waals surface area contributed by atoms with Crippen molar-refractivity contribution < 1.29 is 14.7 Å². The normalized spacial score (nSPS) is 11.9. The van der Waals surface area contributed by atoms with Crippen LogP contribution in [0.15, 0.2) is 36.7 Å². The van der Waals surface area contributed by atoms with Gasteiger partial charge >= 0.3 is 5.97 Å². The van der Waals surface area contributed by atoms with Crippen LogP contribution in [0, 0.1) is 5.92 Å². The number of nitrogens with one attached hydrogen (secondary N) is 1. The molecule has 0 saturated carbocycles. The van der Waals surface area contributed by atoms with Crippen molar-refractivity contribution >= 4 is 17.6 Å². The van der Waals surface area contributed by atoms with E-state index < -0.39 is 11.9 Å². The molecule has 2 N–H and O–H groups in total. The Hall–Kier alpha value is -2.63. The van der Waals surface area contributed by atoms with Crippen LogP contribution in [0.4, 0.5) is 5.69 Å². The number of aliphatic carboxylic acids is 1. The average Bonchev–Trinajstić information content (AvgIpc) is 2.98. The lowest BCUT2D eigenvalue weighted by Crippen LogP contribution is -2.13. The molecule has 0 aliphatic heterocycles. The van der Waals surface area contributed by atoms with Crippen molar-refractivity contribution in [2.24, 2.45) is 5.92 Å². The van der Waals surface area contributed by atoms with Gasteiger partial charge in [-0.3, -0.25) is 14.3 Å². The number of rotatable bonds is 7. The summed E-state index contributed by atoms with van der Waals surface area (Å²) in [5.41, 5.74) is 2.11. The second kappa shape index (κ2) is 7.58.